The van der Waals surface area contributed by atoms with E-state index in [1.807, 2.05) is 0 Å². The lowest BCUT2D eigenvalue weighted by atomic mass is 10.1. The molecule has 2 aliphatic rings. The molecule has 0 amide bonds. The van der Waals surface area contributed by atoms with E-state index in [1.165, 1.54) is 12.3 Å². The van der Waals surface area contributed by atoms with Gasteiger partial charge in [0.2, 0.25) is 0 Å². The number of aliphatic imine (C=N–C) groups is 1. The van der Waals surface area contributed by atoms with E-state index in [-0.39, 0.29) is 0 Å². The van der Waals surface area contributed by atoms with Gasteiger partial charge in [0, 0.05) is 29.7 Å². The standard InChI is InChI=1S/C11H13F3N4/c12-11(13,14)10-2-1-7(5-16-10)9-3-8(4-15)17-6-18-9/h1-3,5,10,17-18H,4,6,15H2. The first-order valence-electron chi connectivity index (χ1n) is 5.41. The van der Waals surface area contributed by atoms with Gasteiger partial charge in [0.25, 0.3) is 0 Å². The van der Waals surface area contributed by atoms with Crippen LogP contribution in [-0.2, 0) is 0 Å². The second-order valence-electron chi connectivity index (χ2n) is 3.90. The second kappa shape index (κ2) is 4.85. The van der Waals surface area contributed by atoms with Gasteiger partial charge in [-0.2, -0.15) is 13.2 Å². The molecule has 4 nitrogen and oxygen atoms in total. The van der Waals surface area contributed by atoms with Crippen LogP contribution in [-0.4, -0.2) is 31.6 Å². The number of alkyl halides is 3. The van der Waals surface area contributed by atoms with Crippen molar-refractivity contribution in [3.05, 3.63) is 35.2 Å². The van der Waals surface area contributed by atoms with Crippen molar-refractivity contribution in [2.75, 3.05) is 13.2 Å². The number of hydrogen-bond acceptors (Lipinski definition) is 4. The predicted octanol–water partition coefficient (Wildman–Crippen LogP) is 0.805. The van der Waals surface area contributed by atoms with Gasteiger partial charge in [0.15, 0.2) is 6.04 Å². The summed E-state index contributed by atoms with van der Waals surface area (Å²) < 4.78 is 37.2. The molecule has 2 aliphatic heterocycles. The molecule has 4 N–H and O–H groups in total. The van der Waals surface area contributed by atoms with Gasteiger partial charge in [-0.1, -0.05) is 12.2 Å². The number of allylic oxidation sites excluding steroid dienone is 3. The highest BCUT2D eigenvalue weighted by Gasteiger charge is 2.38. The molecule has 0 aromatic heterocycles. The van der Waals surface area contributed by atoms with Crippen LogP contribution in [0.5, 0.6) is 0 Å². The molecule has 7 heteroatoms. The first-order chi connectivity index (χ1) is 8.50. The van der Waals surface area contributed by atoms with Crippen molar-refractivity contribution < 1.29 is 13.2 Å². The Bertz CT molecular complexity index is 430. The summed E-state index contributed by atoms with van der Waals surface area (Å²) in [6.45, 7) is 0.844. The molecule has 0 aromatic carbocycles. The molecule has 0 saturated carbocycles. The van der Waals surface area contributed by atoms with Crippen LogP contribution >= 0.6 is 0 Å². The van der Waals surface area contributed by atoms with E-state index in [1.54, 1.807) is 6.08 Å². The molecule has 0 bridgehead atoms. The molecule has 0 radical (unpaired) electrons. The zero-order valence-electron chi connectivity index (χ0n) is 9.46. The Morgan fingerprint density at radius 2 is 2.17 bits per heavy atom. The van der Waals surface area contributed by atoms with Gasteiger partial charge in [-0.05, 0) is 6.08 Å². The minimum Gasteiger partial charge on any atom is -0.370 e. The lowest BCUT2D eigenvalue weighted by Crippen LogP contribution is -2.36. The molecule has 0 aliphatic carbocycles. The quantitative estimate of drug-likeness (QED) is 0.652. The zero-order chi connectivity index (χ0) is 13.2. The van der Waals surface area contributed by atoms with Crippen LogP contribution in [0.3, 0.4) is 0 Å². The van der Waals surface area contributed by atoms with Crippen molar-refractivity contribution in [3.63, 3.8) is 0 Å². The third kappa shape index (κ3) is 2.73. The highest BCUT2D eigenvalue weighted by atomic mass is 19.4. The number of dihydropyridines is 1. The SMILES string of the molecule is NCC1=CC(=C2C=CC(C(F)(F)F)N=C2)NCN1. The molecule has 98 valence electrons. The minimum atomic E-state index is -4.33. The molecular formula is C11H13F3N4. The smallest absolute Gasteiger partial charge is 0.370 e. The summed E-state index contributed by atoms with van der Waals surface area (Å²) in [7, 11) is 0. The average molecular weight is 258 g/mol. The summed E-state index contributed by atoms with van der Waals surface area (Å²) >= 11 is 0. The summed E-state index contributed by atoms with van der Waals surface area (Å²) in [5.74, 6) is 0. The van der Waals surface area contributed by atoms with Gasteiger partial charge in [-0.25, -0.2) is 0 Å². The molecule has 2 heterocycles. The van der Waals surface area contributed by atoms with Crippen molar-refractivity contribution in [3.8, 4) is 0 Å². The van der Waals surface area contributed by atoms with Crippen molar-refractivity contribution in [2.24, 2.45) is 10.7 Å². The first-order valence-corrected chi connectivity index (χ1v) is 5.41. The highest BCUT2D eigenvalue weighted by molar-refractivity contribution is 5.85. The highest BCUT2D eigenvalue weighted by Crippen LogP contribution is 2.26. The average Bonchev–Trinajstić information content (AvgIpc) is 2.38. The van der Waals surface area contributed by atoms with E-state index in [9.17, 15) is 13.2 Å². The molecule has 0 spiro atoms. The van der Waals surface area contributed by atoms with Gasteiger partial charge in [-0.15, -0.1) is 0 Å². The van der Waals surface area contributed by atoms with Crippen LogP contribution in [0.2, 0.25) is 0 Å². The molecule has 1 atom stereocenters. The molecule has 1 unspecified atom stereocenters. The van der Waals surface area contributed by atoms with Crippen LogP contribution in [0.25, 0.3) is 0 Å². The monoisotopic (exact) mass is 258 g/mol. The van der Waals surface area contributed by atoms with Crippen LogP contribution in [0.1, 0.15) is 0 Å². The number of halogens is 3. The van der Waals surface area contributed by atoms with Gasteiger partial charge in [-0.3, -0.25) is 4.99 Å². The van der Waals surface area contributed by atoms with Crippen LogP contribution < -0.4 is 16.4 Å². The molecule has 18 heavy (non-hydrogen) atoms. The van der Waals surface area contributed by atoms with Crippen LogP contribution in [0.4, 0.5) is 13.2 Å². The van der Waals surface area contributed by atoms with E-state index >= 15 is 0 Å². The Morgan fingerprint density at radius 3 is 2.72 bits per heavy atom. The van der Waals surface area contributed by atoms with Gasteiger partial charge in [0.1, 0.15) is 0 Å². The minimum absolute atomic E-state index is 0.352. The lowest BCUT2D eigenvalue weighted by molar-refractivity contribution is -0.136. The fourth-order valence-electron chi connectivity index (χ4n) is 1.65. The van der Waals surface area contributed by atoms with Crippen molar-refractivity contribution in [1.82, 2.24) is 10.6 Å². The summed E-state index contributed by atoms with van der Waals surface area (Å²) in [6, 6.07) is -1.75. The number of hydrogen-bond donors (Lipinski definition) is 3. The van der Waals surface area contributed by atoms with Crippen LogP contribution in [0.15, 0.2) is 40.2 Å². The van der Waals surface area contributed by atoms with E-state index in [4.69, 9.17) is 5.73 Å². The normalized spacial score (nSPS) is 27.6. The predicted molar refractivity (Wildman–Crippen MR) is 62.8 cm³/mol. The molecular weight excluding hydrogens is 245 g/mol. The van der Waals surface area contributed by atoms with E-state index in [2.05, 4.69) is 15.6 Å². The van der Waals surface area contributed by atoms with E-state index in [0.29, 0.717) is 18.8 Å². The number of nitrogens with zero attached hydrogens (tertiary/aromatic N) is 1. The first kappa shape index (κ1) is 12.7. The Balaban J connectivity index is 2.20. The fourth-order valence-corrected chi connectivity index (χ4v) is 1.65. The van der Waals surface area contributed by atoms with E-state index < -0.39 is 12.2 Å². The second-order valence-corrected chi connectivity index (χ2v) is 3.90. The summed E-state index contributed by atoms with van der Waals surface area (Å²) in [4.78, 5) is 3.49. The summed E-state index contributed by atoms with van der Waals surface area (Å²) in [6.07, 6.45) is 1.13. The van der Waals surface area contributed by atoms with Gasteiger partial charge >= 0.3 is 6.18 Å². The maximum Gasteiger partial charge on any atom is 0.414 e. The molecule has 0 saturated heterocycles. The Labute approximate surface area is 102 Å². The maximum atomic E-state index is 12.4. The largest absolute Gasteiger partial charge is 0.414 e. The third-order valence-electron chi connectivity index (χ3n) is 2.61. The Morgan fingerprint density at radius 1 is 1.39 bits per heavy atom. The van der Waals surface area contributed by atoms with Gasteiger partial charge < -0.3 is 16.4 Å². The van der Waals surface area contributed by atoms with Crippen molar-refractivity contribution >= 4 is 6.21 Å². The van der Waals surface area contributed by atoms with Gasteiger partial charge in [0.05, 0.1) is 6.67 Å². The number of nitrogens with two attached hydrogens (primary N) is 1. The fraction of sp³-hybridized carbons (Fsp3) is 0.364. The maximum absolute atomic E-state index is 12.4. The summed E-state index contributed by atoms with van der Waals surface area (Å²) in [5.41, 5.74) is 7.65. The number of rotatable bonds is 1. The van der Waals surface area contributed by atoms with Crippen molar-refractivity contribution in [1.29, 1.82) is 0 Å². The number of nitrogens with one attached hydrogen (secondary N) is 2. The topological polar surface area (TPSA) is 62.4 Å². The Hall–Kier alpha value is -1.76. The van der Waals surface area contributed by atoms with Crippen molar-refractivity contribution in [2.45, 2.75) is 12.2 Å². The van der Waals surface area contributed by atoms with E-state index in [0.717, 1.165) is 17.5 Å². The third-order valence-corrected chi connectivity index (χ3v) is 2.61. The summed E-state index contributed by atoms with van der Waals surface area (Å²) in [5, 5.41) is 6.03. The van der Waals surface area contributed by atoms with Crippen LogP contribution in [0, 0.1) is 0 Å². The molecule has 0 fully saturated rings. The zero-order valence-corrected chi connectivity index (χ0v) is 9.46. The molecule has 0 aromatic rings. The lowest BCUT2D eigenvalue weighted by Gasteiger charge is -2.22. The molecule has 2 rings (SSSR count). The Kier molecular flexibility index (Phi) is 3.42.